The molecule has 1 aromatic carbocycles. The first-order chi connectivity index (χ1) is 16.9. The first kappa shape index (κ1) is 24.5. The Morgan fingerprint density at radius 3 is 2.51 bits per heavy atom. The van der Waals surface area contributed by atoms with Crippen LogP contribution in [0.1, 0.15) is 28.0 Å². The number of aryl methyl sites for hydroxylation is 2. The molecule has 0 spiro atoms. The van der Waals surface area contributed by atoms with E-state index in [2.05, 4.69) is 48.2 Å². The number of carbonyl (C=O) groups excluding carboxylic acids is 1. The molecule has 10 heteroatoms. The van der Waals surface area contributed by atoms with Crippen molar-refractivity contribution < 1.29 is 9.53 Å². The van der Waals surface area contributed by atoms with Gasteiger partial charge in [-0.15, -0.1) is 0 Å². The van der Waals surface area contributed by atoms with Crippen LogP contribution in [-0.2, 0) is 0 Å². The molecule has 3 N–H and O–H groups in total. The van der Waals surface area contributed by atoms with Gasteiger partial charge in [0.25, 0.3) is 5.91 Å². The quantitative estimate of drug-likeness (QED) is 0.448. The molecule has 1 fully saturated rings. The second kappa shape index (κ2) is 11.2. The number of primary amides is 1. The van der Waals surface area contributed by atoms with Crippen LogP contribution < -0.4 is 15.8 Å². The van der Waals surface area contributed by atoms with Gasteiger partial charge in [-0.05, 0) is 32.9 Å². The van der Waals surface area contributed by atoms with Crippen LogP contribution in [0.5, 0.6) is 6.01 Å². The van der Waals surface area contributed by atoms with Crippen molar-refractivity contribution in [3.05, 3.63) is 53.6 Å². The normalized spacial score (nSPS) is 14.6. The molecule has 3 aromatic rings. The second-order valence-corrected chi connectivity index (χ2v) is 8.86. The molecule has 1 aliphatic rings. The molecular formula is C25H32N8O2. The van der Waals surface area contributed by atoms with Gasteiger partial charge in [-0.3, -0.25) is 4.79 Å². The minimum absolute atomic E-state index is 0.0479. The first-order valence-electron chi connectivity index (χ1n) is 11.8. The maximum Gasteiger partial charge on any atom is 0.316 e. The molecule has 3 heterocycles. The summed E-state index contributed by atoms with van der Waals surface area (Å²) < 4.78 is 5.68. The van der Waals surface area contributed by atoms with E-state index in [0.717, 1.165) is 55.8 Å². The van der Waals surface area contributed by atoms with Crippen LogP contribution in [0.15, 0.2) is 36.8 Å². The van der Waals surface area contributed by atoms with Gasteiger partial charge >= 0.3 is 6.01 Å². The lowest BCUT2D eigenvalue weighted by Crippen LogP contribution is -2.44. The van der Waals surface area contributed by atoms with Crippen molar-refractivity contribution in [2.45, 2.75) is 20.3 Å². The molecule has 0 aliphatic carbocycles. The van der Waals surface area contributed by atoms with Crippen LogP contribution in [0.25, 0.3) is 11.3 Å². The number of nitrogens with two attached hydrogens (primary N) is 1. The summed E-state index contributed by atoms with van der Waals surface area (Å²) in [5.41, 5.74) is 9.86. The average molecular weight is 477 g/mol. The van der Waals surface area contributed by atoms with Crippen molar-refractivity contribution in [3.8, 4) is 17.3 Å². The summed E-state index contributed by atoms with van der Waals surface area (Å²) in [6, 6.07) is 6.32. The third-order valence-corrected chi connectivity index (χ3v) is 6.00. The van der Waals surface area contributed by atoms with Gasteiger partial charge in [-0.1, -0.05) is 23.8 Å². The third-order valence-electron chi connectivity index (χ3n) is 6.00. The van der Waals surface area contributed by atoms with E-state index in [0.29, 0.717) is 24.0 Å². The highest BCUT2D eigenvalue weighted by Crippen LogP contribution is 2.25. The predicted molar refractivity (Wildman–Crippen MR) is 135 cm³/mol. The van der Waals surface area contributed by atoms with E-state index in [1.807, 2.05) is 26.0 Å². The number of ether oxygens (including phenoxy) is 1. The van der Waals surface area contributed by atoms with Gasteiger partial charge in [-0.25, -0.2) is 19.9 Å². The lowest BCUT2D eigenvalue weighted by molar-refractivity contribution is 0.0996. The summed E-state index contributed by atoms with van der Waals surface area (Å²) in [7, 11) is 2.15. The SMILES string of the molecule is Cc1ccc(-c2cnc(Nc3cnc(OCCCN4CCN(C)CC4)nc3)c(C(N)=O)n2)c(C)c1. The Bertz CT molecular complexity index is 1160. The lowest BCUT2D eigenvalue weighted by Gasteiger charge is -2.32. The van der Waals surface area contributed by atoms with Gasteiger partial charge in [0.15, 0.2) is 11.5 Å². The Kier molecular flexibility index (Phi) is 7.84. The van der Waals surface area contributed by atoms with Crippen LogP contribution in [0.2, 0.25) is 0 Å². The van der Waals surface area contributed by atoms with Crippen LogP contribution >= 0.6 is 0 Å². The molecule has 1 aliphatic heterocycles. The standard InChI is InChI=1S/C25H32N8O2/c1-17-5-6-20(18(2)13-17)21-16-27-24(22(31-21)23(26)34)30-19-14-28-25(29-15-19)35-12-4-7-33-10-8-32(3)9-11-33/h5-6,13-16H,4,7-12H2,1-3H3,(H2,26,34)(H,27,30). The number of carbonyl (C=O) groups is 1. The Hall–Kier alpha value is -3.63. The molecule has 2 aromatic heterocycles. The number of piperazine rings is 1. The molecule has 1 amide bonds. The van der Waals surface area contributed by atoms with E-state index in [4.69, 9.17) is 10.5 Å². The number of likely N-dealkylation sites (N-methyl/N-ethyl adjacent to an activating group) is 1. The van der Waals surface area contributed by atoms with Gasteiger partial charge in [-0.2, -0.15) is 0 Å². The number of nitrogens with one attached hydrogen (secondary N) is 1. The maximum absolute atomic E-state index is 12.1. The number of benzene rings is 1. The van der Waals surface area contributed by atoms with E-state index < -0.39 is 5.91 Å². The number of hydrogen-bond acceptors (Lipinski definition) is 9. The summed E-state index contributed by atoms with van der Waals surface area (Å²) >= 11 is 0. The van der Waals surface area contributed by atoms with Crippen molar-refractivity contribution in [2.24, 2.45) is 5.73 Å². The molecule has 0 unspecified atom stereocenters. The summed E-state index contributed by atoms with van der Waals surface area (Å²) in [6.45, 7) is 9.97. The van der Waals surface area contributed by atoms with E-state index >= 15 is 0 Å². The summed E-state index contributed by atoms with van der Waals surface area (Å²) in [6.07, 6.45) is 5.68. The topological polar surface area (TPSA) is 122 Å². The highest BCUT2D eigenvalue weighted by atomic mass is 16.5. The summed E-state index contributed by atoms with van der Waals surface area (Å²) in [5, 5.41) is 3.03. The number of aromatic nitrogens is 4. The Labute approximate surface area is 205 Å². The van der Waals surface area contributed by atoms with Gasteiger partial charge in [0.2, 0.25) is 0 Å². The predicted octanol–water partition coefficient (Wildman–Crippen LogP) is 2.41. The van der Waals surface area contributed by atoms with Crippen LogP contribution in [0, 0.1) is 13.8 Å². The molecular weight excluding hydrogens is 444 g/mol. The van der Waals surface area contributed by atoms with Crippen molar-refractivity contribution in [2.75, 3.05) is 51.7 Å². The number of hydrogen-bond donors (Lipinski definition) is 2. The minimum Gasteiger partial charge on any atom is -0.463 e. The zero-order valence-corrected chi connectivity index (χ0v) is 20.5. The monoisotopic (exact) mass is 476 g/mol. The van der Waals surface area contributed by atoms with Crippen molar-refractivity contribution >= 4 is 17.4 Å². The minimum atomic E-state index is -0.673. The zero-order valence-electron chi connectivity index (χ0n) is 20.5. The Morgan fingerprint density at radius 1 is 1.09 bits per heavy atom. The molecule has 0 atom stereocenters. The van der Waals surface area contributed by atoms with E-state index in [-0.39, 0.29) is 11.5 Å². The highest BCUT2D eigenvalue weighted by Gasteiger charge is 2.16. The summed E-state index contributed by atoms with van der Waals surface area (Å²) in [4.78, 5) is 34.2. The molecule has 0 bridgehead atoms. The number of rotatable bonds is 9. The van der Waals surface area contributed by atoms with Crippen molar-refractivity contribution in [1.29, 1.82) is 0 Å². The largest absolute Gasteiger partial charge is 0.463 e. The summed E-state index contributed by atoms with van der Waals surface area (Å²) in [5.74, 6) is -0.428. The molecule has 1 saturated heterocycles. The molecule has 4 rings (SSSR count). The van der Waals surface area contributed by atoms with Gasteiger partial charge in [0, 0.05) is 38.3 Å². The molecule has 0 saturated carbocycles. The molecule has 184 valence electrons. The zero-order chi connectivity index (χ0) is 24.8. The highest BCUT2D eigenvalue weighted by molar-refractivity contribution is 5.96. The molecule has 0 radical (unpaired) electrons. The fraction of sp³-hybridized carbons (Fsp3) is 0.400. The first-order valence-corrected chi connectivity index (χ1v) is 11.8. The number of nitrogens with zero attached hydrogens (tertiary/aromatic N) is 6. The average Bonchev–Trinajstić information content (AvgIpc) is 2.84. The molecule has 10 nitrogen and oxygen atoms in total. The van der Waals surface area contributed by atoms with Gasteiger partial charge in [0.05, 0.1) is 36.6 Å². The fourth-order valence-electron chi connectivity index (χ4n) is 4.00. The van der Waals surface area contributed by atoms with Crippen LogP contribution in [0.3, 0.4) is 0 Å². The fourth-order valence-corrected chi connectivity index (χ4v) is 4.00. The van der Waals surface area contributed by atoms with E-state index in [9.17, 15) is 4.79 Å². The second-order valence-electron chi connectivity index (χ2n) is 8.86. The lowest BCUT2D eigenvalue weighted by atomic mass is 10.0. The van der Waals surface area contributed by atoms with Crippen molar-refractivity contribution in [1.82, 2.24) is 29.7 Å². The van der Waals surface area contributed by atoms with Crippen LogP contribution in [0.4, 0.5) is 11.5 Å². The van der Waals surface area contributed by atoms with Crippen molar-refractivity contribution in [3.63, 3.8) is 0 Å². The number of anilines is 2. The Balaban J connectivity index is 1.35. The van der Waals surface area contributed by atoms with Crippen LogP contribution in [-0.4, -0.2) is 82.0 Å². The smallest absolute Gasteiger partial charge is 0.316 e. The van der Waals surface area contributed by atoms with E-state index in [1.165, 1.54) is 0 Å². The van der Waals surface area contributed by atoms with Gasteiger partial charge < -0.3 is 25.6 Å². The van der Waals surface area contributed by atoms with Gasteiger partial charge in [0.1, 0.15) is 0 Å². The Morgan fingerprint density at radius 2 is 1.83 bits per heavy atom. The third kappa shape index (κ3) is 6.49. The van der Waals surface area contributed by atoms with E-state index in [1.54, 1.807) is 18.6 Å². The molecule has 35 heavy (non-hydrogen) atoms. The maximum atomic E-state index is 12.1. The number of amides is 1.